The minimum absolute atomic E-state index is 0.170. The van der Waals surface area contributed by atoms with Gasteiger partial charge in [-0.2, -0.15) is 0 Å². The van der Waals surface area contributed by atoms with Crippen LogP contribution in [0.15, 0.2) is 85.1 Å². The van der Waals surface area contributed by atoms with E-state index in [-0.39, 0.29) is 23.1 Å². The summed E-state index contributed by atoms with van der Waals surface area (Å²) in [4.78, 5) is 62.6. The number of fused-ring (bicyclic) bond motifs is 1. The molecule has 0 saturated heterocycles. The summed E-state index contributed by atoms with van der Waals surface area (Å²) in [7, 11) is 3.72. The number of aromatic nitrogens is 1. The first kappa shape index (κ1) is 57.2. The van der Waals surface area contributed by atoms with Crippen LogP contribution in [0.2, 0.25) is 0 Å². The second-order valence-corrected chi connectivity index (χ2v) is 19.7. The lowest BCUT2D eigenvalue weighted by Crippen LogP contribution is -2.43. The number of hydrogen-bond acceptors (Lipinski definition) is 10. The average Bonchev–Trinajstić information content (AvgIpc) is 3.55. The van der Waals surface area contributed by atoms with Crippen LogP contribution in [-0.2, 0) is 31.8 Å². The number of carbonyl (C=O) groups is 4. The lowest BCUT2D eigenvalue weighted by molar-refractivity contribution is -0.133. The molecule has 14 heteroatoms. The van der Waals surface area contributed by atoms with Crippen molar-refractivity contribution >= 4 is 35.0 Å². The summed E-state index contributed by atoms with van der Waals surface area (Å²) >= 11 is 0. The summed E-state index contributed by atoms with van der Waals surface area (Å²) in [6, 6.07) is 24.3. The van der Waals surface area contributed by atoms with Gasteiger partial charge in [0.05, 0.1) is 51.0 Å². The van der Waals surface area contributed by atoms with Crippen LogP contribution in [0, 0.1) is 17.3 Å². The van der Waals surface area contributed by atoms with Crippen molar-refractivity contribution in [3.8, 4) is 11.3 Å². The number of ether oxygens (including phenoxy) is 3. The number of likely N-dealkylation sites (N-methyl/N-ethyl adjacent to an activating group) is 2. The number of hydrogen-bond donors (Lipinski definition) is 3. The van der Waals surface area contributed by atoms with Gasteiger partial charge < -0.3 is 45.3 Å². The SMILES string of the molecule is CCN(CC)c1ccc(NC(=O)c2cccc(C(=O)N(C)CCN(C)CCOCCOCCOCCNC(=O)C3(CC)CC(C)CCC(C)C3)c2)c(-c2cc(C(N)=O)ccn2)c1.c1ccc2c(c1)CCCC2. The molecule has 4 amide bonds. The van der Waals surface area contributed by atoms with Gasteiger partial charge >= 0.3 is 0 Å². The van der Waals surface area contributed by atoms with Crippen LogP contribution in [0.25, 0.3) is 11.3 Å². The lowest BCUT2D eigenvalue weighted by Gasteiger charge is -2.33. The Bertz CT molecular complexity index is 2300. The zero-order valence-corrected chi connectivity index (χ0v) is 44.3. The van der Waals surface area contributed by atoms with E-state index in [1.54, 1.807) is 59.5 Å². The summed E-state index contributed by atoms with van der Waals surface area (Å²) in [6.07, 6.45) is 12.1. The Morgan fingerprint density at radius 2 is 1.33 bits per heavy atom. The van der Waals surface area contributed by atoms with E-state index >= 15 is 0 Å². The summed E-state index contributed by atoms with van der Waals surface area (Å²) in [5.74, 6) is 0.153. The minimum Gasteiger partial charge on any atom is -0.378 e. The van der Waals surface area contributed by atoms with Crippen LogP contribution in [0.5, 0.6) is 0 Å². The Kier molecular flexibility index (Phi) is 23.6. The number of aryl methyl sites for hydroxylation is 2. The molecule has 0 spiro atoms. The molecule has 1 fully saturated rings. The Balaban J connectivity index is 0.000000846. The summed E-state index contributed by atoms with van der Waals surface area (Å²) in [5.41, 5.74) is 12.1. The fourth-order valence-corrected chi connectivity index (χ4v) is 9.80. The second-order valence-electron chi connectivity index (χ2n) is 19.7. The van der Waals surface area contributed by atoms with E-state index in [2.05, 4.69) is 84.3 Å². The van der Waals surface area contributed by atoms with E-state index in [0.717, 1.165) is 38.0 Å². The maximum atomic E-state index is 13.6. The number of pyridine rings is 1. The molecule has 0 bridgehead atoms. The summed E-state index contributed by atoms with van der Waals surface area (Å²) in [6.45, 7) is 17.5. The van der Waals surface area contributed by atoms with Gasteiger partial charge in [-0.3, -0.25) is 24.2 Å². The van der Waals surface area contributed by atoms with Crippen LogP contribution < -0.4 is 21.3 Å². The molecule has 4 N–H and O–H groups in total. The predicted octanol–water partition coefficient (Wildman–Crippen LogP) is 8.92. The first-order valence-corrected chi connectivity index (χ1v) is 26.4. The number of carbonyl (C=O) groups excluding carboxylic acids is 4. The standard InChI is InChI=1S/C48H71N7O7.C10H12/c1-8-48(33-35(4)14-15-36(5)34-48)47(59)51-20-24-60-26-28-62-29-27-61-25-23-53(6)21-22-54(7)46(58)39-13-11-12-38(30-39)45(57)52-42-17-16-40(55(9-2)10-3)32-41(42)43-31-37(44(49)56)18-19-50-43;1-2-6-10-8-4-3-7-9(10)5-1/h11-13,16-19,30-32,35-36H,8-10,14-15,20-29,33-34H2,1-7H3,(H2,49,56)(H,51,59)(H,52,57);1-2,5-6H,3-4,7-8H2. The monoisotopic (exact) mass is 990 g/mol. The van der Waals surface area contributed by atoms with Crippen molar-refractivity contribution in [2.75, 3.05) is 103 Å². The molecule has 6 rings (SSSR count). The molecule has 0 radical (unpaired) electrons. The third kappa shape index (κ3) is 17.5. The maximum absolute atomic E-state index is 13.6. The van der Waals surface area contributed by atoms with E-state index in [4.69, 9.17) is 19.9 Å². The number of rotatable bonds is 25. The predicted molar refractivity (Wildman–Crippen MR) is 289 cm³/mol. The van der Waals surface area contributed by atoms with E-state index in [1.165, 1.54) is 44.7 Å². The fourth-order valence-electron chi connectivity index (χ4n) is 9.80. The van der Waals surface area contributed by atoms with Crippen molar-refractivity contribution in [2.24, 2.45) is 23.0 Å². The van der Waals surface area contributed by atoms with E-state index in [0.29, 0.717) is 111 Å². The van der Waals surface area contributed by atoms with Gasteiger partial charge in [0.1, 0.15) is 0 Å². The molecule has 1 aromatic heterocycles. The molecule has 392 valence electrons. The first-order chi connectivity index (χ1) is 34.8. The zero-order chi connectivity index (χ0) is 51.9. The van der Waals surface area contributed by atoms with Crippen molar-refractivity contribution in [3.63, 3.8) is 0 Å². The lowest BCUT2D eigenvalue weighted by atomic mass is 9.73. The van der Waals surface area contributed by atoms with Crippen molar-refractivity contribution in [3.05, 3.63) is 113 Å². The Morgan fingerprint density at radius 1 is 0.708 bits per heavy atom. The number of amides is 4. The maximum Gasteiger partial charge on any atom is 0.255 e. The molecular weight excluding hydrogens is 907 g/mol. The smallest absolute Gasteiger partial charge is 0.255 e. The van der Waals surface area contributed by atoms with Crippen molar-refractivity contribution in [1.29, 1.82) is 0 Å². The molecule has 1 saturated carbocycles. The topological polar surface area (TPSA) is 169 Å². The summed E-state index contributed by atoms with van der Waals surface area (Å²) in [5, 5.41) is 6.12. The van der Waals surface area contributed by atoms with Gasteiger partial charge in [-0.25, -0.2) is 0 Å². The molecule has 1 heterocycles. The molecule has 72 heavy (non-hydrogen) atoms. The van der Waals surface area contributed by atoms with Crippen molar-refractivity contribution < 1.29 is 33.4 Å². The van der Waals surface area contributed by atoms with Crippen LogP contribution in [0.4, 0.5) is 11.4 Å². The highest BCUT2D eigenvalue weighted by Crippen LogP contribution is 2.43. The Morgan fingerprint density at radius 3 is 1.96 bits per heavy atom. The van der Waals surface area contributed by atoms with E-state index in [9.17, 15) is 19.2 Å². The van der Waals surface area contributed by atoms with Crippen molar-refractivity contribution in [2.45, 2.75) is 92.4 Å². The van der Waals surface area contributed by atoms with Crippen LogP contribution in [0.3, 0.4) is 0 Å². The van der Waals surface area contributed by atoms with Crippen LogP contribution in [-0.4, -0.2) is 131 Å². The van der Waals surface area contributed by atoms with Gasteiger partial charge in [0.2, 0.25) is 11.8 Å². The number of nitrogens with zero attached hydrogens (tertiary/aromatic N) is 4. The number of nitrogens with one attached hydrogen (secondary N) is 2. The molecule has 2 aliphatic carbocycles. The average molecular weight is 990 g/mol. The largest absolute Gasteiger partial charge is 0.378 e. The van der Waals surface area contributed by atoms with Gasteiger partial charge in [0, 0.05) is 85.9 Å². The highest BCUT2D eigenvalue weighted by atomic mass is 16.5. The highest BCUT2D eigenvalue weighted by molar-refractivity contribution is 6.08. The molecule has 2 unspecified atom stereocenters. The second kappa shape index (κ2) is 29.7. The Hall–Kier alpha value is -5.67. The van der Waals surface area contributed by atoms with Crippen LogP contribution >= 0.6 is 0 Å². The van der Waals surface area contributed by atoms with E-state index < -0.39 is 5.91 Å². The van der Waals surface area contributed by atoms with Gasteiger partial charge in [-0.15, -0.1) is 0 Å². The molecule has 0 aliphatic heterocycles. The third-order valence-electron chi connectivity index (χ3n) is 14.2. The number of benzene rings is 3. The van der Waals surface area contributed by atoms with Gasteiger partial charge in [-0.1, -0.05) is 63.9 Å². The van der Waals surface area contributed by atoms with Crippen molar-refractivity contribution in [1.82, 2.24) is 20.1 Å². The number of anilines is 2. The minimum atomic E-state index is -0.573. The molecular formula is C58H83N7O7. The molecule has 4 aromatic rings. The molecule has 2 atom stereocenters. The first-order valence-electron chi connectivity index (χ1n) is 26.4. The van der Waals surface area contributed by atoms with Gasteiger partial charge in [0.25, 0.3) is 11.8 Å². The molecule has 14 nitrogen and oxygen atoms in total. The molecule has 3 aromatic carbocycles. The molecule has 2 aliphatic rings. The highest BCUT2D eigenvalue weighted by Gasteiger charge is 2.40. The zero-order valence-electron chi connectivity index (χ0n) is 44.3. The number of primary amides is 1. The normalized spacial score (nSPS) is 17.4. The number of nitrogens with two attached hydrogens (primary N) is 1. The summed E-state index contributed by atoms with van der Waals surface area (Å²) < 4.78 is 17.1. The van der Waals surface area contributed by atoms with Gasteiger partial charge in [-0.05, 0) is 137 Å². The fraction of sp³-hybridized carbons (Fsp3) is 0.534. The van der Waals surface area contributed by atoms with Crippen LogP contribution in [0.1, 0.15) is 122 Å². The van der Waals surface area contributed by atoms with E-state index in [1.807, 2.05) is 25.2 Å². The Labute approximate surface area is 429 Å². The quantitative estimate of drug-likeness (QED) is 0.0431. The third-order valence-corrected chi connectivity index (χ3v) is 14.2. The van der Waals surface area contributed by atoms with Gasteiger partial charge in [0.15, 0.2) is 0 Å².